The number of aliphatic hydroxyl groups excluding tert-OH is 2. The summed E-state index contributed by atoms with van der Waals surface area (Å²) in [4.78, 5) is 41.6. The maximum atomic E-state index is 14.2. The average Bonchev–Trinajstić information content (AvgIpc) is 3.26. The van der Waals surface area contributed by atoms with Crippen LogP contribution in [0.25, 0.3) is 5.57 Å². The number of alkyl halides is 3. The predicted octanol–water partition coefficient (Wildman–Crippen LogP) is 4.30. The molecule has 5 N–H and O–H groups in total. The van der Waals surface area contributed by atoms with Crippen LogP contribution in [0.3, 0.4) is 0 Å². The topological polar surface area (TPSA) is 165 Å². The van der Waals surface area contributed by atoms with Crippen LogP contribution in [0.1, 0.15) is 60.2 Å². The Balaban J connectivity index is 1.45. The van der Waals surface area contributed by atoms with Crippen LogP contribution >= 0.6 is 0 Å². The lowest BCUT2D eigenvalue weighted by Crippen LogP contribution is -2.52. The smallest absolute Gasteiger partial charge is 0.394 e. The molecule has 1 heterocycles. The summed E-state index contributed by atoms with van der Waals surface area (Å²) in [6.45, 7) is 2.75. The molecule has 0 saturated heterocycles. The number of nitrogens with one attached hydrogen (secondary N) is 3. The van der Waals surface area contributed by atoms with E-state index in [0.29, 0.717) is 28.0 Å². The van der Waals surface area contributed by atoms with Crippen molar-refractivity contribution in [1.82, 2.24) is 10.6 Å². The minimum absolute atomic E-state index is 0.00298. The highest BCUT2D eigenvalue weighted by atomic mass is 32.2. The number of para-hydroxylation sites is 1. The Hall–Kier alpha value is -5.09. The van der Waals surface area contributed by atoms with Crippen LogP contribution in [0.2, 0.25) is 0 Å². The Morgan fingerprint density at radius 2 is 1.70 bits per heavy atom. The Morgan fingerprint density at radius 1 is 1.00 bits per heavy atom. The first-order valence-corrected chi connectivity index (χ1v) is 18.3. The summed E-state index contributed by atoms with van der Waals surface area (Å²) in [6.07, 6.45) is -2.70. The molecule has 2 atom stereocenters. The number of β-amino-alcohol motifs (C(OH)–C–C–N with tert-alkyl or cyclic N) is 1. The Bertz CT molecular complexity index is 2110. The number of halogens is 3. The van der Waals surface area contributed by atoms with E-state index in [4.69, 9.17) is 5.11 Å². The van der Waals surface area contributed by atoms with Crippen molar-refractivity contribution < 1.29 is 46.2 Å². The van der Waals surface area contributed by atoms with Crippen LogP contribution in [-0.2, 0) is 32.5 Å². The normalized spacial score (nSPS) is 16.8. The number of fused-ring (bicyclic) bond motifs is 1. The molecule has 1 aliphatic heterocycles. The third-order valence-electron chi connectivity index (χ3n) is 9.17. The van der Waals surface area contributed by atoms with Crippen LogP contribution in [0.4, 0.5) is 24.5 Å². The van der Waals surface area contributed by atoms with Gasteiger partial charge in [-0.2, -0.15) is 21.6 Å². The van der Waals surface area contributed by atoms with Crippen LogP contribution in [0.5, 0.6) is 0 Å². The lowest BCUT2D eigenvalue weighted by atomic mass is 9.91. The number of hydrogen-bond donors (Lipinski definition) is 5. The van der Waals surface area contributed by atoms with Gasteiger partial charge in [-0.1, -0.05) is 48.6 Å². The summed E-state index contributed by atoms with van der Waals surface area (Å²) in [5.74, 6) is -1.50. The summed E-state index contributed by atoms with van der Waals surface area (Å²) < 4.78 is 66.7. The SMILES string of the molecule is CC(C)(CC(=O)N[C@@H]1CCc2cc(C(F)(F)F)ccc2N(CC2=CC=C(c3ccccc3NC(=O)c3ccccc3)C(=S(=O)=O)C2)C1=O)NC[C@H](O)CO. The standard InChI is InChI=1S/C39H41F3N4O7S/c1-38(2,43-21-28(48)23-47)20-35(49)44-32-16-13-26-19-27(39(40,41)42)14-17-33(26)46(37(32)51)22-24-12-15-30(34(18-24)54(52)53)29-10-6-7-11-31(29)45-36(50)25-8-4-3-5-9-25/h3-12,14-15,17,19,28,32,43,47-48H,13,16,18,20-23H2,1-2H3,(H,44,49)(H,45,50)/t28-,32+/m0/s1. The number of amides is 3. The number of aryl methyl sites for hydroxylation is 1. The molecule has 54 heavy (non-hydrogen) atoms. The minimum atomic E-state index is -4.64. The van der Waals surface area contributed by atoms with Gasteiger partial charge >= 0.3 is 6.18 Å². The van der Waals surface area contributed by atoms with Crippen molar-refractivity contribution in [2.75, 3.05) is 29.9 Å². The summed E-state index contributed by atoms with van der Waals surface area (Å²) in [6, 6.07) is 17.2. The molecule has 0 saturated carbocycles. The van der Waals surface area contributed by atoms with Crippen molar-refractivity contribution in [3.8, 4) is 0 Å². The number of allylic oxidation sites excluding steroid dienone is 3. The van der Waals surface area contributed by atoms with Crippen LogP contribution in [-0.4, -0.2) is 78.6 Å². The molecule has 0 radical (unpaired) electrons. The third kappa shape index (κ3) is 9.91. The molecule has 3 aromatic carbocycles. The highest BCUT2D eigenvalue weighted by molar-refractivity contribution is 7.74. The van der Waals surface area contributed by atoms with Gasteiger partial charge in [0.1, 0.15) is 6.04 Å². The van der Waals surface area contributed by atoms with Gasteiger partial charge in [-0.3, -0.25) is 14.4 Å². The quantitative estimate of drug-likeness (QED) is 0.171. The molecule has 15 heteroatoms. The van der Waals surface area contributed by atoms with E-state index in [1.54, 1.807) is 80.6 Å². The molecule has 0 fully saturated rings. The van der Waals surface area contributed by atoms with Crippen LogP contribution in [0.15, 0.2) is 90.5 Å². The molecule has 5 rings (SSSR count). The summed E-state index contributed by atoms with van der Waals surface area (Å²) >= 11 is 0. The summed E-state index contributed by atoms with van der Waals surface area (Å²) in [5, 5.41) is 27.4. The van der Waals surface area contributed by atoms with Crippen molar-refractivity contribution in [3.05, 3.63) is 113 Å². The first-order valence-electron chi connectivity index (χ1n) is 17.2. The molecule has 2 aliphatic rings. The molecule has 1 aliphatic carbocycles. The fourth-order valence-corrected chi connectivity index (χ4v) is 7.05. The van der Waals surface area contributed by atoms with E-state index < -0.39 is 64.0 Å². The zero-order valence-corrected chi connectivity index (χ0v) is 30.4. The molecular formula is C39H41F3N4O7S. The molecule has 0 aromatic heterocycles. The fourth-order valence-electron chi connectivity index (χ4n) is 6.39. The zero-order chi connectivity index (χ0) is 39.2. The van der Waals surface area contributed by atoms with Gasteiger partial charge in [-0.15, -0.1) is 0 Å². The number of hydrogen-bond acceptors (Lipinski definition) is 8. The van der Waals surface area contributed by atoms with Gasteiger partial charge in [0, 0.05) is 59.5 Å². The second kappa shape index (κ2) is 16.9. The summed E-state index contributed by atoms with van der Waals surface area (Å²) in [7, 11) is -2.74. The van der Waals surface area contributed by atoms with Crippen LogP contribution < -0.4 is 20.9 Å². The van der Waals surface area contributed by atoms with Gasteiger partial charge in [0.2, 0.25) is 22.1 Å². The van der Waals surface area contributed by atoms with E-state index in [1.807, 2.05) is 0 Å². The molecule has 3 amide bonds. The van der Waals surface area contributed by atoms with Gasteiger partial charge < -0.3 is 31.1 Å². The van der Waals surface area contributed by atoms with E-state index in [1.165, 1.54) is 11.0 Å². The second-order valence-corrected chi connectivity index (χ2v) is 14.8. The largest absolute Gasteiger partial charge is 0.416 e. The van der Waals surface area contributed by atoms with Crippen molar-refractivity contribution in [2.45, 2.75) is 63.4 Å². The van der Waals surface area contributed by atoms with Crippen molar-refractivity contribution in [2.24, 2.45) is 0 Å². The zero-order valence-electron chi connectivity index (χ0n) is 29.6. The highest BCUT2D eigenvalue weighted by Crippen LogP contribution is 2.37. The minimum Gasteiger partial charge on any atom is -0.394 e. The summed E-state index contributed by atoms with van der Waals surface area (Å²) in [5.41, 5.74) is 0.702. The average molecular weight is 767 g/mol. The lowest BCUT2D eigenvalue weighted by Gasteiger charge is -2.30. The molecule has 0 bridgehead atoms. The van der Waals surface area contributed by atoms with Gasteiger partial charge in [0.15, 0.2) is 0 Å². The third-order valence-corrected chi connectivity index (χ3v) is 9.93. The fraction of sp³-hybridized carbons (Fsp3) is 0.333. The van der Waals surface area contributed by atoms with E-state index in [2.05, 4.69) is 16.0 Å². The van der Waals surface area contributed by atoms with Crippen molar-refractivity contribution in [3.63, 3.8) is 0 Å². The van der Waals surface area contributed by atoms with Crippen molar-refractivity contribution in [1.29, 1.82) is 0 Å². The Morgan fingerprint density at radius 3 is 2.39 bits per heavy atom. The number of carbonyl (C=O) groups excluding carboxylic acids is 3. The van der Waals surface area contributed by atoms with E-state index >= 15 is 0 Å². The Kier molecular flexibility index (Phi) is 12.6. The van der Waals surface area contributed by atoms with E-state index in [-0.39, 0.29) is 54.9 Å². The molecule has 286 valence electrons. The Labute approximate surface area is 312 Å². The maximum Gasteiger partial charge on any atom is 0.416 e. The number of anilines is 2. The van der Waals surface area contributed by atoms with Gasteiger partial charge in [0.25, 0.3) is 5.91 Å². The maximum absolute atomic E-state index is 14.2. The lowest BCUT2D eigenvalue weighted by molar-refractivity contribution is -0.137. The monoisotopic (exact) mass is 766 g/mol. The van der Waals surface area contributed by atoms with Gasteiger partial charge in [-0.25, -0.2) is 0 Å². The molecular weight excluding hydrogens is 726 g/mol. The van der Waals surface area contributed by atoms with Gasteiger partial charge in [0.05, 0.1) is 23.1 Å². The van der Waals surface area contributed by atoms with E-state index in [0.717, 1.165) is 12.1 Å². The number of nitrogens with zero attached hydrogens (tertiary/aromatic N) is 1. The molecule has 11 nitrogen and oxygen atoms in total. The van der Waals surface area contributed by atoms with Crippen LogP contribution in [0, 0.1) is 0 Å². The van der Waals surface area contributed by atoms with Gasteiger partial charge in [-0.05, 0) is 74.2 Å². The van der Waals surface area contributed by atoms with E-state index in [9.17, 15) is 41.1 Å². The number of rotatable bonds is 12. The number of carbonyl (C=O) groups is 3. The molecule has 0 spiro atoms. The first-order chi connectivity index (χ1) is 25.6. The molecule has 0 unspecified atom stereocenters. The van der Waals surface area contributed by atoms with Crippen molar-refractivity contribution >= 4 is 49.8 Å². The highest BCUT2D eigenvalue weighted by Gasteiger charge is 2.36. The molecule has 3 aromatic rings. The first kappa shape index (κ1) is 40.1. The number of aliphatic hydroxyl groups is 2. The predicted molar refractivity (Wildman–Crippen MR) is 199 cm³/mol. The number of benzene rings is 3. The second-order valence-electron chi connectivity index (χ2n) is 13.8.